The van der Waals surface area contributed by atoms with Crippen LogP contribution in [0, 0.1) is 23.7 Å². The number of ketones is 2. The molecule has 262 valence electrons. The standard InChI is InChI=1S/C42H32F3NO6/c43-42(44,45)52-27-16-19-34(47)32(20-27)37-28-17-18-29-36(40(51)46(39(29)50)23-24-10-4-1-5-11-24)31(28)21-33-38(49)30(25-12-6-2-7-13-25)22-35(48)41(33,37)26-14-8-3-9-15-26/h1-17,19-20,22,29,31,33,36-37,47H,18,21,23H2. The monoisotopic (exact) mass is 703 g/mol. The van der Waals surface area contributed by atoms with Gasteiger partial charge in [0.2, 0.25) is 11.8 Å². The van der Waals surface area contributed by atoms with Crippen LogP contribution in [-0.2, 0) is 31.1 Å². The van der Waals surface area contributed by atoms with Gasteiger partial charge in [-0.1, -0.05) is 103 Å². The minimum Gasteiger partial charge on any atom is -0.508 e. The van der Waals surface area contributed by atoms with E-state index in [1.807, 2.05) is 30.3 Å². The number of hydrogen-bond donors (Lipinski definition) is 1. The first-order valence-electron chi connectivity index (χ1n) is 17.1. The molecule has 2 fully saturated rings. The van der Waals surface area contributed by atoms with Gasteiger partial charge in [0.05, 0.1) is 23.8 Å². The Morgan fingerprint density at radius 1 is 0.808 bits per heavy atom. The van der Waals surface area contributed by atoms with Crippen molar-refractivity contribution in [2.75, 3.05) is 0 Å². The van der Waals surface area contributed by atoms with Gasteiger partial charge in [0, 0.05) is 23.0 Å². The quantitative estimate of drug-likeness (QED) is 0.167. The van der Waals surface area contributed by atoms with Gasteiger partial charge in [0.25, 0.3) is 0 Å². The third-order valence-corrected chi connectivity index (χ3v) is 11.2. The molecule has 7 nitrogen and oxygen atoms in total. The molecule has 0 spiro atoms. The molecule has 52 heavy (non-hydrogen) atoms. The summed E-state index contributed by atoms with van der Waals surface area (Å²) in [5.74, 6) is -7.31. The fourth-order valence-electron chi connectivity index (χ4n) is 9.17. The fraction of sp³-hybridized carbons (Fsp3) is 0.238. The van der Waals surface area contributed by atoms with Gasteiger partial charge < -0.3 is 9.84 Å². The second kappa shape index (κ2) is 12.5. The van der Waals surface area contributed by atoms with E-state index < -0.39 is 64.6 Å². The van der Waals surface area contributed by atoms with Crippen molar-refractivity contribution in [1.29, 1.82) is 0 Å². The van der Waals surface area contributed by atoms with Crippen molar-refractivity contribution in [3.63, 3.8) is 0 Å². The molecule has 1 saturated heterocycles. The SMILES string of the molecule is O=C1C(c2ccccc2)=CC(=O)C2(c3ccccc3)C1CC1C(=CCC3C(=O)N(Cc4ccccc4)C(=O)C31)C2c1cc(OC(F)(F)F)ccc1O. The van der Waals surface area contributed by atoms with Crippen LogP contribution in [0.3, 0.4) is 0 Å². The number of amides is 2. The topological polar surface area (TPSA) is 101 Å². The van der Waals surface area contributed by atoms with Crippen LogP contribution >= 0.6 is 0 Å². The summed E-state index contributed by atoms with van der Waals surface area (Å²) in [5.41, 5.74) is 0.633. The van der Waals surface area contributed by atoms with Crippen molar-refractivity contribution in [3.05, 3.63) is 149 Å². The number of carbonyl (C=O) groups is 4. The van der Waals surface area contributed by atoms with Crippen molar-refractivity contribution in [1.82, 2.24) is 4.90 Å². The van der Waals surface area contributed by atoms with E-state index in [2.05, 4.69) is 4.74 Å². The number of imide groups is 1. The van der Waals surface area contributed by atoms with Crippen molar-refractivity contribution in [2.45, 2.75) is 37.1 Å². The van der Waals surface area contributed by atoms with Crippen LogP contribution in [0.15, 0.2) is 127 Å². The molecule has 1 heterocycles. The molecule has 8 rings (SSSR count). The number of rotatable bonds is 6. The predicted molar refractivity (Wildman–Crippen MR) is 183 cm³/mol. The Labute approximate surface area is 297 Å². The summed E-state index contributed by atoms with van der Waals surface area (Å²) in [7, 11) is 0. The fourth-order valence-corrected chi connectivity index (χ4v) is 9.17. The van der Waals surface area contributed by atoms with Crippen LogP contribution < -0.4 is 4.74 Å². The molecule has 2 amide bonds. The Morgan fingerprint density at radius 3 is 2.13 bits per heavy atom. The highest BCUT2D eigenvalue weighted by atomic mass is 19.4. The summed E-state index contributed by atoms with van der Waals surface area (Å²) in [6.45, 7) is 0.0598. The van der Waals surface area contributed by atoms with E-state index in [9.17, 15) is 32.7 Å². The molecule has 3 aliphatic carbocycles. The van der Waals surface area contributed by atoms with Crippen LogP contribution in [0.25, 0.3) is 5.57 Å². The van der Waals surface area contributed by atoms with Crippen LogP contribution in [-0.4, -0.2) is 39.7 Å². The van der Waals surface area contributed by atoms with E-state index in [1.165, 1.54) is 11.0 Å². The van der Waals surface area contributed by atoms with Crippen LogP contribution in [0.1, 0.15) is 41.0 Å². The van der Waals surface area contributed by atoms with E-state index in [0.717, 1.165) is 23.8 Å². The molecule has 0 bridgehead atoms. The first-order valence-corrected chi connectivity index (χ1v) is 17.1. The number of nitrogens with zero attached hydrogens (tertiary/aromatic N) is 1. The van der Waals surface area contributed by atoms with Gasteiger partial charge >= 0.3 is 6.36 Å². The molecule has 1 aliphatic heterocycles. The number of aromatic hydroxyl groups is 1. The molecule has 6 unspecified atom stereocenters. The number of fused-ring (bicyclic) bond motifs is 4. The lowest BCUT2D eigenvalue weighted by Crippen LogP contribution is -2.58. The first-order chi connectivity index (χ1) is 25.0. The lowest BCUT2D eigenvalue weighted by Gasteiger charge is -2.55. The van der Waals surface area contributed by atoms with Gasteiger partial charge in [-0.15, -0.1) is 13.2 Å². The Bertz CT molecular complexity index is 2160. The lowest BCUT2D eigenvalue weighted by atomic mass is 9.44. The second-order valence-corrected chi connectivity index (χ2v) is 13.8. The van der Waals surface area contributed by atoms with Gasteiger partial charge in [-0.2, -0.15) is 0 Å². The number of hydrogen-bond acceptors (Lipinski definition) is 6. The number of ether oxygens (including phenoxy) is 1. The Morgan fingerprint density at radius 2 is 1.46 bits per heavy atom. The smallest absolute Gasteiger partial charge is 0.508 e. The molecular weight excluding hydrogens is 671 g/mol. The zero-order valence-corrected chi connectivity index (χ0v) is 27.6. The summed E-state index contributed by atoms with van der Waals surface area (Å²) >= 11 is 0. The number of phenolic OH excluding ortho intramolecular Hbond substituents is 1. The average Bonchev–Trinajstić information content (AvgIpc) is 3.38. The van der Waals surface area contributed by atoms with Gasteiger partial charge in [-0.25, -0.2) is 0 Å². The number of benzene rings is 4. The van der Waals surface area contributed by atoms with Gasteiger partial charge in [-0.05, 0) is 59.7 Å². The average molecular weight is 704 g/mol. The molecule has 4 aromatic rings. The van der Waals surface area contributed by atoms with E-state index in [1.54, 1.807) is 66.7 Å². The number of allylic oxidation sites excluding steroid dienone is 4. The molecule has 6 atom stereocenters. The van der Waals surface area contributed by atoms with E-state index in [-0.39, 0.29) is 42.2 Å². The van der Waals surface area contributed by atoms with Crippen LogP contribution in [0.2, 0.25) is 0 Å². The Hall–Kier alpha value is -5.77. The summed E-state index contributed by atoms with van der Waals surface area (Å²) in [5, 5.41) is 11.5. The molecular formula is C42H32F3NO6. The molecule has 0 aromatic heterocycles. The molecule has 0 radical (unpaired) electrons. The number of phenols is 1. The number of Topliss-reactive ketones (excluding diaryl/α,β-unsaturated/α-hetero) is 1. The Kier molecular flexibility index (Phi) is 8.01. The number of halogens is 3. The molecule has 4 aliphatic rings. The summed E-state index contributed by atoms with van der Waals surface area (Å²) in [6.07, 6.45) is -1.81. The number of carbonyl (C=O) groups excluding carboxylic acids is 4. The highest BCUT2D eigenvalue weighted by molar-refractivity contribution is 6.31. The zero-order chi connectivity index (χ0) is 36.4. The maximum Gasteiger partial charge on any atom is 0.573 e. The highest BCUT2D eigenvalue weighted by Gasteiger charge is 2.66. The third-order valence-electron chi connectivity index (χ3n) is 11.2. The van der Waals surface area contributed by atoms with E-state index in [0.29, 0.717) is 16.7 Å². The lowest BCUT2D eigenvalue weighted by molar-refractivity contribution is -0.274. The molecule has 1 saturated carbocycles. The number of likely N-dealkylation sites (tertiary alicyclic amines) is 1. The van der Waals surface area contributed by atoms with Gasteiger partial charge in [0.15, 0.2) is 11.6 Å². The van der Waals surface area contributed by atoms with Crippen LogP contribution in [0.5, 0.6) is 11.5 Å². The summed E-state index contributed by atoms with van der Waals surface area (Å²) in [6, 6.07) is 29.5. The minimum absolute atomic E-state index is 0.0187. The van der Waals surface area contributed by atoms with Crippen molar-refractivity contribution >= 4 is 29.0 Å². The first kappa shape index (κ1) is 33.4. The predicted octanol–water partition coefficient (Wildman–Crippen LogP) is 7.32. The van der Waals surface area contributed by atoms with Crippen LogP contribution in [0.4, 0.5) is 13.2 Å². The Balaban J connectivity index is 1.35. The zero-order valence-electron chi connectivity index (χ0n) is 27.6. The molecule has 10 heteroatoms. The highest BCUT2D eigenvalue weighted by Crippen LogP contribution is 2.64. The van der Waals surface area contributed by atoms with Gasteiger partial charge in [0.1, 0.15) is 11.5 Å². The minimum atomic E-state index is -5.05. The number of alkyl halides is 3. The maximum atomic E-state index is 15.1. The van der Waals surface area contributed by atoms with Crippen molar-refractivity contribution in [2.24, 2.45) is 23.7 Å². The normalized spacial score (nSPS) is 27.0. The molecule has 1 N–H and O–H groups in total. The summed E-state index contributed by atoms with van der Waals surface area (Å²) in [4.78, 5) is 59.6. The third kappa shape index (κ3) is 5.27. The van der Waals surface area contributed by atoms with Crippen molar-refractivity contribution < 1.29 is 42.2 Å². The van der Waals surface area contributed by atoms with E-state index in [4.69, 9.17) is 0 Å². The summed E-state index contributed by atoms with van der Waals surface area (Å²) < 4.78 is 45.0. The molecule has 4 aromatic carbocycles. The van der Waals surface area contributed by atoms with Crippen molar-refractivity contribution in [3.8, 4) is 11.5 Å². The largest absolute Gasteiger partial charge is 0.573 e. The van der Waals surface area contributed by atoms with Gasteiger partial charge in [-0.3, -0.25) is 24.1 Å². The maximum absolute atomic E-state index is 15.1. The second-order valence-electron chi connectivity index (χ2n) is 13.8. The van der Waals surface area contributed by atoms with E-state index >= 15 is 4.79 Å².